The largest absolute Gasteiger partial charge is 0.366 e. The van der Waals surface area contributed by atoms with Crippen LogP contribution in [0.3, 0.4) is 0 Å². The molecule has 0 spiro atoms. The lowest BCUT2D eigenvalue weighted by atomic mass is 9.87. The zero-order valence-electron chi connectivity index (χ0n) is 15.3. The molecule has 1 aromatic carbocycles. The van der Waals surface area contributed by atoms with E-state index in [9.17, 15) is 4.79 Å². The lowest BCUT2D eigenvalue weighted by Crippen LogP contribution is -2.14. The van der Waals surface area contributed by atoms with Crippen LogP contribution in [0.15, 0.2) is 42.6 Å². The molecule has 2 aromatic heterocycles. The molecule has 1 saturated carbocycles. The highest BCUT2D eigenvalue weighted by Gasteiger charge is 2.21. The Hall–Kier alpha value is -2.89. The molecular weight excluding hydrogens is 326 g/mol. The molecule has 0 bridgehead atoms. The molecule has 0 unspecified atom stereocenters. The van der Waals surface area contributed by atoms with Gasteiger partial charge in [0.15, 0.2) is 11.5 Å². The number of aromatic nitrogens is 3. The van der Waals surface area contributed by atoms with Crippen LogP contribution in [0.2, 0.25) is 0 Å². The van der Waals surface area contributed by atoms with E-state index in [1.54, 1.807) is 10.7 Å². The summed E-state index contributed by atoms with van der Waals surface area (Å²) in [5, 5.41) is 10.7. The monoisotopic (exact) mass is 349 g/mol. The fraction of sp³-hybridized carbons (Fsp3) is 0.350. The van der Waals surface area contributed by atoms with Crippen LogP contribution in [0.1, 0.15) is 49.5 Å². The Labute approximate surface area is 152 Å². The van der Waals surface area contributed by atoms with Gasteiger partial charge in [0.1, 0.15) is 5.82 Å². The number of carbonyl (C=O) groups excluding carboxylic acids is 1. The number of hydrogen-bond acceptors (Lipinski definition) is 4. The summed E-state index contributed by atoms with van der Waals surface area (Å²) in [5.74, 6) is 1.14. The maximum atomic E-state index is 12.5. The number of carbonyl (C=O) groups is 1. The van der Waals surface area contributed by atoms with Crippen molar-refractivity contribution in [2.24, 2.45) is 0 Å². The van der Waals surface area contributed by atoms with Gasteiger partial charge in [0, 0.05) is 11.6 Å². The molecule has 1 fully saturated rings. The maximum absolute atomic E-state index is 12.5. The molecule has 1 aliphatic rings. The van der Waals surface area contributed by atoms with Gasteiger partial charge in [-0.05, 0) is 48.1 Å². The number of amides is 1. The molecule has 1 amide bonds. The average Bonchev–Trinajstić information content (AvgIpc) is 3.31. The van der Waals surface area contributed by atoms with E-state index in [1.165, 1.54) is 18.4 Å². The second-order valence-electron chi connectivity index (χ2n) is 7.85. The second-order valence-corrected chi connectivity index (χ2v) is 7.85. The minimum atomic E-state index is -0.176. The normalized spacial score (nSPS) is 14.4. The first-order valence-corrected chi connectivity index (χ1v) is 8.93. The lowest BCUT2D eigenvalue weighted by molar-refractivity contribution is 0.102. The molecule has 134 valence electrons. The highest BCUT2D eigenvalue weighted by atomic mass is 16.1. The van der Waals surface area contributed by atoms with Crippen molar-refractivity contribution in [2.45, 2.75) is 45.1 Å². The SMILES string of the molecule is CC(C)(C)c1ccc(C(=O)Nc2cn3nc(NC4CC4)ccc3n2)cc1. The molecule has 0 saturated heterocycles. The van der Waals surface area contributed by atoms with Gasteiger partial charge >= 0.3 is 0 Å². The molecule has 6 nitrogen and oxygen atoms in total. The summed E-state index contributed by atoms with van der Waals surface area (Å²) < 4.78 is 1.68. The fourth-order valence-corrected chi connectivity index (χ4v) is 2.77. The Kier molecular flexibility index (Phi) is 3.90. The van der Waals surface area contributed by atoms with Crippen molar-refractivity contribution in [3.8, 4) is 0 Å². The van der Waals surface area contributed by atoms with E-state index in [4.69, 9.17) is 0 Å². The number of rotatable bonds is 4. The molecule has 1 aliphatic carbocycles. The molecule has 26 heavy (non-hydrogen) atoms. The fourth-order valence-electron chi connectivity index (χ4n) is 2.77. The van der Waals surface area contributed by atoms with E-state index >= 15 is 0 Å². The Morgan fingerprint density at radius 1 is 1.08 bits per heavy atom. The number of fused-ring (bicyclic) bond motifs is 1. The third-order valence-electron chi connectivity index (χ3n) is 4.50. The van der Waals surface area contributed by atoms with Crippen LogP contribution in [0.25, 0.3) is 5.65 Å². The lowest BCUT2D eigenvalue weighted by Gasteiger charge is -2.18. The smallest absolute Gasteiger partial charge is 0.256 e. The summed E-state index contributed by atoms with van der Waals surface area (Å²) in [7, 11) is 0. The molecule has 0 atom stereocenters. The first-order chi connectivity index (χ1) is 12.4. The predicted molar refractivity (Wildman–Crippen MR) is 103 cm³/mol. The Bertz CT molecular complexity index is 948. The van der Waals surface area contributed by atoms with Crippen molar-refractivity contribution in [3.05, 3.63) is 53.7 Å². The molecule has 2 N–H and O–H groups in total. The van der Waals surface area contributed by atoms with Crippen molar-refractivity contribution in [1.29, 1.82) is 0 Å². The third-order valence-corrected chi connectivity index (χ3v) is 4.50. The first-order valence-electron chi connectivity index (χ1n) is 8.93. The molecule has 0 aliphatic heterocycles. The van der Waals surface area contributed by atoms with E-state index in [0.717, 1.165) is 5.82 Å². The van der Waals surface area contributed by atoms with Crippen LogP contribution < -0.4 is 10.6 Å². The van der Waals surface area contributed by atoms with Crippen molar-refractivity contribution >= 4 is 23.2 Å². The number of nitrogens with zero attached hydrogens (tertiary/aromatic N) is 3. The summed E-state index contributed by atoms with van der Waals surface area (Å²) in [6.45, 7) is 6.45. The van der Waals surface area contributed by atoms with Crippen LogP contribution in [0, 0.1) is 0 Å². The molecule has 2 heterocycles. The van der Waals surface area contributed by atoms with Crippen molar-refractivity contribution in [3.63, 3.8) is 0 Å². The van der Waals surface area contributed by atoms with Gasteiger partial charge in [0.25, 0.3) is 5.91 Å². The Morgan fingerprint density at radius 2 is 1.81 bits per heavy atom. The summed E-state index contributed by atoms with van der Waals surface area (Å²) in [5.41, 5.74) is 2.57. The van der Waals surface area contributed by atoms with E-state index in [2.05, 4.69) is 41.5 Å². The van der Waals surface area contributed by atoms with E-state index in [1.807, 2.05) is 36.4 Å². The van der Waals surface area contributed by atoms with Gasteiger partial charge in [0.05, 0.1) is 6.20 Å². The highest BCUT2D eigenvalue weighted by Crippen LogP contribution is 2.24. The molecule has 0 radical (unpaired) electrons. The highest BCUT2D eigenvalue weighted by molar-refractivity contribution is 6.03. The van der Waals surface area contributed by atoms with Crippen molar-refractivity contribution in [2.75, 3.05) is 10.6 Å². The van der Waals surface area contributed by atoms with Gasteiger partial charge in [-0.15, -0.1) is 5.10 Å². The number of anilines is 2. The average molecular weight is 349 g/mol. The van der Waals surface area contributed by atoms with Crippen LogP contribution in [0.4, 0.5) is 11.6 Å². The van der Waals surface area contributed by atoms with Gasteiger partial charge in [0.2, 0.25) is 0 Å². The minimum Gasteiger partial charge on any atom is -0.366 e. The Morgan fingerprint density at radius 3 is 2.46 bits per heavy atom. The molecule has 3 aromatic rings. The molecule has 4 rings (SSSR count). The van der Waals surface area contributed by atoms with E-state index < -0.39 is 0 Å². The number of imidazole rings is 1. The van der Waals surface area contributed by atoms with E-state index in [0.29, 0.717) is 23.1 Å². The number of nitrogens with one attached hydrogen (secondary N) is 2. The summed E-state index contributed by atoms with van der Waals surface area (Å²) in [4.78, 5) is 16.9. The predicted octanol–water partition coefficient (Wildman–Crippen LogP) is 3.85. The van der Waals surface area contributed by atoms with Gasteiger partial charge in [-0.2, -0.15) is 0 Å². The Balaban J connectivity index is 1.49. The zero-order valence-corrected chi connectivity index (χ0v) is 15.3. The summed E-state index contributed by atoms with van der Waals surface area (Å²) in [6.07, 6.45) is 4.12. The minimum absolute atomic E-state index is 0.0640. The number of benzene rings is 1. The maximum Gasteiger partial charge on any atom is 0.256 e. The topological polar surface area (TPSA) is 71.3 Å². The zero-order chi connectivity index (χ0) is 18.3. The second kappa shape index (κ2) is 6.12. The van der Waals surface area contributed by atoms with Crippen LogP contribution in [-0.2, 0) is 5.41 Å². The summed E-state index contributed by atoms with van der Waals surface area (Å²) in [6, 6.07) is 12.0. The summed E-state index contributed by atoms with van der Waals surface area (Å²) >= 11 is 0. The molecule has 6 heteroatoms. The first kappa shape index (κ1) is 16.6. The van der Waals surface area contributed by atoms with Crippen LogP contribution in [-0.4, -0.2) is 26.5 Å². The third kappa shape index (κ3) is 3.54. The van der Waals surface area contributed by atoms with Gasteiger partial charge in [-0.3, -0.25) is 4.79 Å². The quantitative estimate of drug-likeness (QED) is 0.750. The van der Waals surface area contributed by atoms with E-state index in [-0.39, 0.29) is 11.3 Å². The van der Waals surface area contributed by atoms with Crippen LogP contribution >= 0.6 is 0 Å². The van der Waals surface area contributed by atoms with Gasteiger partial charge in [-0.1, -0.05) is 32.9 Å². The standard InChI is InChI=1S/C20H23N5O/c1-20(2,3)14-6-4-13(5-7-14)19(26)23-17-12-25-18(22-17)11-10-16(24-25)21-15-8-9-15/h4-7,10-12,15H,8-9H2,1-3H3,(H,21,24)(H,23,26). The molecular formula is C20H23N5O. The van der Waals surface area contributed by atoms with Crippen LogP contribution in [0.5, 0.6) is 0 Å². The van der Waals surface area contributed by atoms with Crippen molar-refractivity contribution < 1.29 is 4.79 Å². The number of hydrogen-bond donors (Lipinski definition) is 2. The van der Waals surface area contributed by atoms with Crippen molar-refractivity contribution in [1.82, 2.24) is 14.6 Å². The van der Waals surface area contributed by atoms with Gasteiger partial charge < -0.3 is 10.6 Å². The van der Waals surface area contributed by atoms with Gasteiger partial charge in [-0.25, -0.2) is 9.50 Å².